The quantitative estimate of drug-likeness (QED) is 0.110. The number of hydrogen-bond acceptors (Lipinski definition) is 16. The standard InChI is InChI=1S/C18H16ClN3O4S.C12H14ClNO4.C6H3ClN2S/c19-10-5-9(22-18-17-11(3-4-27-17)20-8-21-18)1-2-13(10)26-14-7-25-15-12(23)6-24-16(14)15;13-7-3-6(14)1-2-9(7)18-10-5-17-11-8(15)4-16-12(10)11;7-6-5-4(1-2-10-5)8-3-9-6/h1-5,8,12,14-16,23H,6-7H2,(H,20,21,22);1-3,8,10-12,15H,4-5,14H2;1-3H/t12-,14?,15+,16+;8-,10?,11+,12+;/m00./s1. The van der Waals surface area contributed by atoms with Crippen molar-refractivity contribution < 1.29 is 38.6 Å². The molecule has 2 unspecified atom stereocenters. The average molecular weight is 848 g/mol. The van der Waals surface area contributed by atoms with Crippen LogP contribution < -0.4 is 20.5 Å². The van der Waals surface area contributed by atoms with E-state index >= 15 is 0 Å². The molecular formula is C36H33Cl3N6O8S2. The van der Waals surface area contributed by atoms with Crippen LogP contribution in [0.4, 0.5) is 17.2 Å². The monoisotopic (exact) mass is 846 g/mol. The van der Waals surface area contributed by atoms with Gasteiger partial charge in [-0.25, -0.2) is 19.9 Å². The number of hydrogen-bond donors (Lipinski definition) is 4. The lowest BCUT2D eigenvalue weighted by atomic mass is 10.1. The highest BCUT2D eigenvalue weighted by Gasteiger charge is 2.49. The van der Waals surface area contributed by atoms with Crippen molar-refractivity contribution in [1.29, 1.82) is 0 Å². The van der Waals surface area contributed by atoms with Crippen molar-refractivity contribution in [3.63, 3.8) is 0 Å². The predicted octanol–water partition coefficient (Wildman–Crippen LogP) is 6.17. The molecule has 8 atom stereocenters. The number of ether oxygens (including phenoxy) is 6. The summed E-state index contributed by atoms with van der Waals surface area (Å²) < 4.78 is 35.8. The van der Waals surface area contributed by atoms with Gasteiger partial charge in [-0.05, 0) is 59.3 Å². The van der Waals surface area contributed by atoms with E-state index in [0.717, 1.165) is 31.9 Å². The zero-order valence-corrected chi connectivity index (χ0v) is 32.4. The Morgan fingerprint density at radius 3 is 1.80 bits per heavy atom. The van der Waals surface area contributed by atoms with Crippen LogP contribution in [0.3, 0.4) is 0 Å². The zero-order valence-electron chi connectivity index (χ0n) is 28.5. The third-order valence-corrected chi connectivity index (χ3v) is 11.9. The van der Waals surface area contributed by atoms with Gasteiger partial charge in [-0.15, -0.1) is 22.7 Å². The van der Waals surface area contributed by atoms with Gasteiger partial charge in [0.05, 0.1) is 56.9 Å². The fourth-order valence-electron chi connectivity index (χ4n) is 6.48. The number of rotatable bonds is 6. The van der Waals surface area contributed by atoms with Crippen molar-refractivity contribution in [3.05, 3.63) is 87.1 Å². The zero-order chi connectivity index (χ0) is 38.1. The van der Waals surface area contributed by atoms with Crippen LogP contribution in [0, 0.1) is 0 Å². The first-order valence-corrected chi connectivity index (χ1v) is 19.9. The molecule has 0 radical (unpaired) electrons. The van der Waals surface area contributed by atoms with Gasteiger partial charge in [-0.1, -0.05) is 34.8 Å². The Kier molecular flexibility index (Phi) is 11.7. The van der Waals surface area contributed by atoms with Crippen molar-refractivity contribution in [2.45, 2.75) is 48.8 Å². The van der Waals surface area contributed by atoms with Gasteiger partial charge in [0.2, 0.25) is 0 Å². The summed E-state index contributed by atoms with van der Waals surface area (Å²) in [6.45, 7) is 1.29. The number of fused-ring (bicyclic) bond motifs is 4. The molecule has 4 aliphatic rings. The van der Waals surface area contributed by atoms with Gasteiger partial charge in [0, 0.05) is 11.4 Å². The lowest BCUT2D eigenvalue weighted by Crippen LogP contribution is -2.34. The first-order valence-electron chi connectivity index (χ1n) is 17.0. The van der Waals surface area contributed by atoms with Crippen LogP contribution in [0.2, 0.25) is 15.2 Å². The van der Waals surface area contributed by atoms with Crippen LogP contribution in [0.5, 0.6) is 11.5 Å². The summed E-state index contributed by atoms with van der Waals surface area (Å²) in [6.07, 6.45) is 0.113. The normalized spacial score (nSPS) is 26.5. The van der Waals surface area contributed by atoms with Crippen molar-refractivity contribution in [2.75, 3.05) is 37.5 Å². The van der Waals surface area contributed by atoms with Gasteiger partial charge < -0.3 is 49.7 Å². The Morgan fingerprint density at radius 2 is 1.20 bits per heavy atom. The SMILES string of the molecule is Clc1ncnc2ccsc12.Nc1ccc(OC2CO[C@H]3[C@@H]2OC[C@@H]3O)c(Cl)c1.O[C@H]1CO[C@@H]2C(Oc3ccc(Nc4ncnc5ccsc45)cc3Cl)CO[C@@H]21. The first kappa shape index (κ1) is 38.2. The second kappa shape index (κ2) is 16.8. The summed E-state index contributed by atoms with van der Waals surface area (Å²) in [5.41, 5.74) is 8.82. The van der Waals surface area contributed by atoms with Crippen LogP contribution in [-0.2, 0) is 18.9 Å². The number of halogens is 3. The van der Waals surface area contributed by atoms with Crippen LogP contribution in [-0.4, -0.2) is 105 Å². The van der Waals surface area contributed by atoms with Gasteiger partial charge in [-0.3, -0.25) is 0 Å². The topological polar surface area (TPSA) is 185 Å². The second-order valence-corrected chi connectivity index (χ2v) is 15.8. The summed E-state index contributed by atoms with van der Waals surface area (Å²) in [7, 11) is 0. The maximum absolute atomic E-state index is 9.82. The smallest absolute Gasteiger partial charge is 0.151 e. The lowest BCUT2D eigenvalue weighted by Gasteiger charge is -2.19. The number of nitrogens with two attached hydrogens (primary N) is 1. The number of benzene rings is 2. The summed E-state index contributed by atoms with van der Waals surface area (Å²) in [5, 5.41) is 28.1. The lowest BCUT2D eigenvalue weighted by molar-refractivity contribution is 0.00863. The molecule has 4 saturated heterocycles. The number of thiophene rings is 2. The summed E-state index contributed by atoms with van der Waals surface area (Å²) in [4.78, 5) is 16.4. The molecule has 2 aromatic carbocycles. The van der Waals surface area contributed by atoms with Crippen molar-refractivity contribution >= 4 is 95.1 Å². The Hall–Kier alpha value is -3.65. The predicted molar refractivity (Wildman–Crippen MR) is 210 cm³/mol. The van der Waals surface area contributed by atoms with Crippen LogP contribution in [0.25, 0.3) is 20.4 Å². The van der Waals surface area contributed by atoms with Gasteiger partial charge in [0.15, 0.2) is 18.0 Å². The number of anilines is 3. The number of aliphatic hydroxyl groups is 2. The minimum absolute atomic E-state index is 0.242. The third-order valence-electron chi connectivity index (χ3n) is 9.11. The van der Waals surface area contributed by atoms with E-state index in [1.54, 1.807) is 53.0 Å². The Balaban J connectivity index is 0.000000130. The molecule has 6 aromatic rings. The van der Waals surface area contributed by atoms with Gasteiger partial charge in [-0.2, -0.15) is 0 Å². The van der Waals surface area contributed by atoms with E-state index in [1.807, 2.05) is 29.0 Å². The highest BCUT2D eigenvalue weighted by atomic mass is 35.5. The average Bonchev–Trinajstić information content (AvgIpc) is 4.03. The van der Waals surface area contributed by atoms with Gasteiger partial charge in [0.25, 0.3) is 0 Å². The van der Waals surface area contributed by atoms with E-state index in [-0.39, 0.29) is 49.8 Å². The largest absolute Gasteiger partial charge is 0.484 e. The van der Waals surface area contributed by atoms with E-state index in [4.69, 9.17) is 69.0 Å². The Bertz CT molecular complexity index is 2270. The summed E-state index contributed by atoms with van der Waals surface area (Å²) >= 11 is 21.4. The van der Waals surface area contributed by atoms with Gasteiger partial charge in [0.1, 0.15) is 65.9 Å². The maximum Gasteiger partial charge on any atom is 0.151 e. The first-order chi connectivity index (χ1) is 26.7. The summed E-state index contributed by atoms with van der Waals surface area (Å²) in [5.74, 6) is 1.83. The number of nitrogens with zero attached hydrogens (tertiary/aromatic N) is 4. The molecule has 4 fully saturated rings. The highest BCUT2D eigenvalue weighted by Crippen LogP contribution is 2.36. The molecular weight excluding hydrogens is 815 g/mol. The van der Waals surface area contributed by atoms with Crippen molar-refractivity contribution in [2.24, 2.45) is 0 Å². The maximum atomic E-state index is 9.82. The number of nitrogen functional groups attached to an aromatic ring is 1. The van der Waals surface area contributed by atoms with Gasteiger partial charge >= 0.3 is 0 Å². The molecule has 0 aliphatic carbocycles. The molecule has 0 bridgehead atoms. The molecule has 4 aliphatic heterocycles. The van der Waals surface area contributed by atoms with E-state index in [2.05, 4.69) is 25.3 Å². The number of nitrogens with one attached hydrogen (secondary N) is 1. The molecule has 8 heterocycles. The number of aliphatic hydroxyl groups excluding tert-OH is 2. The van der Waals surface area contributed by atoms with E-state index in [0.29, 0.717) is 45.6 Å². The summed E-state index contributed by atoms with van der Waals surface area (Å²) in [6, 6.07) is 14.4. The molecule has 0 saturated carbocycles. The van der Waals surface area contributed by atoms with E-state index < -0.39 is 12.2 Å². The van der Waals surface area contributed by atoms with Crippen molar-refractivity contribution in [3.8, 4) is 11.5 Å². The molecule has 4 aromatic heterocycles. The van der Waals surface area contributed by atoms with E-state index in [1.165, 1.54) is 12.7 Å². The fraction of sp³-hybridized carbons (Fsp3) is 0.333. The molecule has 288 valence electrons. The second-order valence-electron chi connectivity index (χ2n) is 12.8. The Morgan fingerprint density at radius 1 is 0.655 bits per heavy atom. The minimum atomic E-state index is -0.604. The molecule has 55 heavy (non-hydrogen) atoms. The Labute approximate surface area is 337 Å². The molecule has 14 nitrogen and oxygen atoms in total. The van der Waals surface area contributed by atoms with Crippen LogP contribution in [0.15, 0.2) is 71.9 Å². The van der Waals surface area contributed by atoms with Crippen LogP contribution in [0.1, 0.15) is 0 Å². The fourth-order valence-corrected chi connectivity index (χ4v) is 8.72. The molecule has 0 amide bonds. The van der Waals surface area contributed by atoms with Crippen LogP contribution >= 0.6 is 57.5 Å². The molecule has 19 heteroatoms. The molecule has 0 spiro atoms. The highest BCUT2D eigenvalue weighted by molar-refractivity contribution is 7.18. The van der Waals surface area contributed by atoms with Crippen molar-refractivity contribution in [1.82, 2.24) is 19.9 Å². The molecule has 10 rings (SSSR count). The third kappa shape index (κ3) is 8.40. The minimum Gasteiger partial charge on any atom is -0.484 e. The molecule has 5 N–H and O–H groups in total. The van der Waals surface area contributed by atoms with E-state index in [9.17, 15) is 10.2 Å². The number of aromatic nitrogens is 4.